The molecule has 2 heterocycles. The fraction of sp³-hybridized carbons (Fsp3) is 0.438. The molecule has 1 amide bonds. The number of rotatable bonds is 2. The molecule has 0 unspecified atom stereocenters. The Bertz CT molecular complexity index is 799. The number of hydrogen-bond donors (Lipinski definition) is 0. The largest absolute Gasteiger partial charge is 0.443 e. The summed E-state index contributed by atoms with van der Waals surface area (Å²) in [5, 5.41) is 0. The van der Waals surface area contributed by atoms with Crippen molar-refractivity contribution in [2.45, 2.75) is 31.3 Å². The zero-order chi connectivity index (χ0) is 17.4. The molecule has 0 saturated carbocycles. The summed E-state index contributed by atoms with van der Waals surface area (Å²) < 4.78 is 7.22. The standard InChI is InChI=1S/C16H20N4O2S/c1-8-11-18-12-13(19(11)5)10(23-7)9-17-14(12)20(6)15(21)22-16(2,3)4/h1,9H,2-7H3. The average molecular weight is 332 g/mol. The third kappa shape index (κ3) is 3.27. The molecular formula is C16H20N4O2S. The van der Waals surface area contributed by atoms with Gasteiger partial charge in [0.05, 0.1) is 10.4 Å². The van der Waals surface area contributed by atoms with Crippen LogP contribution in [0.4, 0.5) is 10.6 Å². The number of terminal acetylenes is 1. The molecule has 0 aliphatic carbocycles. The van der Waals surface area contributed by atoms with Gasteiger partial charge in [-0.3, -0.25) is 4.90 Å². The van der Waals surface area contributed by atoms with Crippen LogP contribution in [0.15, 0.2) is 11.1 Å². The highest BCUT2D eigenvalue weighted by molar-refractivity contribution is 7.98. The SMILES string of the molecule is C#Cc1nc2c(N(C)C(=O)OC(C)(C)C)ncc(SC)c2n1C. The second kappa shape index (κ2) is 6.13. The van der Waals surface area contributed by atoms with Crippen molar-refractivity contribution in [2.75, 3.05) is 18.2 Å². The lowest BCUT2D eigenvalue weighted by atomic mass is 10.2. The number of nitrogens with zero attached hydrogens (tertiary/aromatic N) is 4. The number of ether oxygens (including phenoxy) is 1. The van der Waals surface area contributed by atoms with Crippen LogP contribution >= 0.6 is 11.8 Å². The van der Waals surface area contributed by atoms with Gasteiger partial charge in [0.25, 0.3) is 0 Å². The van der Waals surface area contributed by atoms with E-state index in [1.807, 2.05) is 38.6 Å². The molecule has 0 aliphatic heterocycles. The van der Waals surface area contributed by atoms with Crippen LogP contribution in [0.5, 0.6) is 0 Å². The minimum atomic E-state index is -0.586. The van der Waals surface area contributed by atoms with E-state index in [1.54, 1.807) is 25.0 Å². The number of carbonyl (C=O) groups is 1. The van der Waals surface area contributed by atoms with Crippen molar-refractivity contribution in [3.8, 4) is 12.3 Å². The number of hydrogen-bond acceptors (Lipinski definition) is 5. The van der Waals surface area contributed by atoms with E-state index >= 15 is 0 Å². The van der Waals surface area contributed by atoms with Crippen LogP contribution in [0.25, 0.3) is 11.0 Å². The molecule has 0 aromatic carbocycles. The molecule has 7 heteroatoms. The average Bonchev–Trinajstić information content (AvgIpc) is 2.81. The van der Waals surface area contributed by atoms with Gasteiger partial charge in [0.15, 0.2) is 11.6 Å². The van der Waals surface area contributed by atoms with E-state index in [2.05, 4.69) is 15.9 Å². The molecule has 0 N–H and O–H groups in total. The van der Waals surface area contributed by atoms with Crippen LogP contribution in [0, 0.1) is 12.3 Å². The van der Waals surface area contributed by atoms with E-state index in [0.717, 1.165) is 10.4 Å². The molecule has 0 bridgehead atoms. The minimum Gasteiger partial charge on any atom is -0.443 e. The van der Waals surface area contributed by atoms with Gasteiger partial charge in [0, 0.05) is 20.3 Å². The number of amides is 1. The Kier molecular flexibility index (Phi) is 4.57. The molecule has 2 aromatic heterocycles. The molecular weight excluding hydrogens is 312 g/mol. The molecule has 0 saturated heterocycles. The van der Waals surface area contributed by atoms with E-state index in [9.17, 15) is 4.79 Å². The third-order valence-corrected chi connectivity index (χ3v) is 3.92. The normalized spacial score (nSPS) is 11.3. The minimum absolute atomic E-state index is 0.421. The highest BCUT2D eigenvalue weighted by Gasteiger charge is 2.25. The van der Waals surface area contributed by atoms with Gasteiger partial charge in [-0.2, -0.15) is 0 Å². The Hall–Kier alpha value is -2.20. The van der Waals surface area contributed by atoms with Crippen molar-refractivity contribution in [1.29, 1.82) is 0 Å². The summed E-state index contributed by atoms with van der Waals surface area (Å²) in [6.45, 7) is 5.45. The summed E-state index contributed by atoms with van der Waals surface area (Å²) in [6, 6.07) is 0. The maximum Gasteiger partial charge on any atom is 0.415 e. The highest BCUT2D eigenvalue weighted by atomic mass is 32.2. The van der Waals surface area contributed by atoms with Crippen LogP contribution in [0.3, 0.4) is 0 Å². The molecule has 0 radical (unpaired) electrons. The Morgan fingerprint density at radius 1 is 1.48 bits per heavy atom. The molecule has 122 valence electrons. The molecule has 0 atom stereocenters. The summed E-state index contributed by atoms with van der Waals surface area (Å²) in [7, 11) is 3.46. The lowest BCUT2D eigenvalue weighted by molar-refractivity contribution is 0.0588. The lowest BCUT2D eigenvalue weighted by Crippen LogP contribution is -2.34. The van der Waals surface area contributed by atoms with Crippen LogP contribution in [0.2, 0.25) is 0 Å². The van der Waals surface area contributed by atoms with E-state index in [-0.39, 0.29) is 0 Å². The molecule has 23 heavy (non-hydrogen) atoms. The zero-order valence-corrected chi connectivity index (χ0v) is 15.0. The molecule has 2 rings (SSSR count). The summed E-state index contributed by atoms with van der Waals surface area (Å²) in [4.78, 5) is 23.4. The van der Waals surface area contributed by atoms with Gasteiger partial charge >= 0.3 is 6.09 Å². The fourth-order valence-corrected chi connectivity index (χ4v) is 2.70. The molecule has 0 fully saturated rings. The smallest absolute Gasteiger partial charge is 0.415 e. The van der Waals surface area contributed by atoms with Crippen LogP contribution in [-0.4, -0.2) is 39.5 Å². The van der Waals surface area contributed by atoms with Gasteiger partial charge in [-0.25, -0.2) is 14.8 Å². The summed E-state index contributed by atoms with van der Waals surface area (Å²) in [5.41, 5.74) is 0.851. The van der Waals surface area contributed by atoms with Crippen LogP contribution < -0.4 is 4.90 Å². The van der Waals surface area contributed by atoms with Crippen molar-refractivity contribution in [3.05, 3.63) is 12.0 Å². The number of imidazole rings is 1. The van der Waals surface area contributed by atoms with E-state index < -0.39 is 11.7 Å². The van der Waals surface area contributed by atoms with Gasteiger partial charge in [0.2, 0.25) is 0 Å². The predicted molar refractivity (Wildman–Crippen MR) is 92.9 cm³/mol. The third-order valence-electron chi connectivity index (χ3n) is 3.18. The van der Waals surface area contributed by atoms with E-state index in [0.29, 0.717) is 17.2 Å². The number of aryl methyl sites for hydroxylation is 1. The number of aromatic nitrogens is 3. The molecule has 2 aromatic rings. The highest BCUT2D eigenvalue weighted by Crippen LogP contribution is 2.31. The van der Waals surface area contributed by atoms with Gasteiger partial charge in [0.1, 0.15) is 11.1 Å². The first-order valence-electron chi connectivity index (χ1n) is 7.02. The van der Waals surface area contributed by atoms with E-state index in [4.69, 9.17) is 11.2 Å². The second-order valence-electron chi connectivity index (χ2n) is 6.03. The Morgan fingerprint density at radius 3 is 2.65 bits per heavy atom. The first-order valence-corrected chi connectivity index (χ1v) is 8.24. The number of carbonyl (C=O) groups excluding carboxylic acids is 1. The molecule has 6 nitrogen and oxygen atoms in total. The second-order valence-corrected chi connectivity index (χ2v) is 6.87. The Balaban J connectivity index is 2.58. The number of thioether (sulfide) groups is 1. The van der Waals surface area contributed by atoms with Gasteiger partial charge < -0.3 is 9.30 Å². The maximum atomic E-state index is 12.3. The van der Waals surface area contributed by atoms with Crippen molar-refractivity contribution in [3.63, 3.8) is 0 Å². The lowest BCUT2D eigenvalue weighted by Gasteiger charge is -2.24. The summed E-state index contributed by atoms with van der Waals surface area (Å²) >= 11 is 1.55. The van der Waals surface area contributed by atoms with Gasteiger partial charge in [-0.1, -0.05) is 0 Å². The van der Waals surface area contributed by atoms with E-state index in [1.165, 1.54) is 4.90 Å². The first kappa shape index (κ1) is 17.2. The van der Waals surface area contributed by atoms with Crippen molar-refractivity contribution in [2.24, 2.45) is 7.05 Å². The Labute approximate surface area is 140 Å². The Morgan fingerprint density at radius 2 is 2.13 bits per heavy atom. The molecule has 0 aliphatic rings. The number of anilines is 1. The predicted octanol–water partition coefficient (Wildman–Crippen LogP) is 3.04. The first-order chi connectivity index (χ1) is 10.7. The topological polar surface area (TPSA) is 60.3 Å². The summed E-state index contributed by atoms with van der Waals surface area (Å²) in [6.07, 6.45) is 8.69. The van der Waals surface area contributed by atoms with Crippen LogP contribution in [-0.2, 0) is 11.8 Å². The van der Waals surface area contributed by atoms with Crippen LogP contribution in [0.1, 0.15) is 26.6 Å². The van der Waals surface area contributed by atoms with Crippen molar-refractivity contribution >= 4 is 34.7 Å². The fourth-order valence-electron chi connectivity index (χ4n) is 2.12. The quantitative estimate of drug-likeness (QED) is 0.625. The maximum absolute atomic E-state index is 12.3. The zero-order valence-electron chi connectivity index (χ0n) is 14.2. The number of fused-ring (bicyclic) bond motifs is 1. The molecule has 0 spiro atoms. The summed E-state index contributed by atoms with van der Waals surface area (Å²) in [5.74, 6) is 3.46. The van der Waals surface area contributed by atoms with Gasteiger partial charge in [-0.15, -0.1) is 18.2 Å². The van der Waals surface area contributed by atoms with Crippen molar-refractivity contribution in [1.82, 2.24) is 14.5 Å². The monoisotopic (exact) mass is 332 g/mol. The van der Waals surface area contributed by atoms with Crippen molar-refractivity contribution < 1.29 is 9.53 Å². The number of pyridine rings is 1. The van der Waals surface area contributed by atoms with Gasteiger partial charge in [-0.05, 0) is 32.9 Å².